The fraction of sp³-hybridized carbons (Fsp3) is 0.778. The van der Waals surface area contributed by atoms with Crippen LogP contribution in [0.1, 0.15) is 6.42 Å². The van der Waals surface area contributed by atoms with Crippen LogP contribution in [0.5, 0.6) is 0 Å². The fourth-order valence-corrected chi connectivity index (χ4v) is 1.60. The number of hydrogen-bond donors (Lipinski definition) is 1. The van der Waals surface area contributed by atoms with Crippen molar-refractivity contribution < 1.29 is 19.4 Å². The van der Waals surface area contributed by atoms with E-state index in [4.69, 9.17) is 9.84 Å². The number of urea groups is 1. The van der Waals surface area contributed by atoms with Gasteiger partial charge in [-0.1, -0.05) is 0 Å². The van der Waals surface area contributed by atoms with Gasteiger partial charge in [0, 0.05) is 27.3 Å². The second-order valence-electron chi connectivity index (χ2n) is 3.54. The molecule has 1 fully saturated rings. The zero-order chi connectivity index (χ0) is 11.4. The zero-order valence-corrected chi connectivity index (χ0v) is 8.97. The Balaban J connectivity index is 2.48. The number of carbonyl (C=O) groups excluding carboxylic acids is 1. The SMILES string of the molecule is COCCCN1CC(C(=O)O)N(C)C1=O. The van der Waals surface area contributed by atoms with Crippen LogP contribution in [-0.4, -0.2) is 66.8 Å². The molecule has 0 aromatic carbocycles. The average Bonchev–Trinajstić information content (AvgIpc) is 2.46. The van der Waals surface area contributed by atoms with Gasteiger partial charge >= 0.3 is 12.0 Å². The van der Waals surface area contributed by atoms with Crippen molar-refractivity contribution in [2.75, 3.05) is 33.9 Å². The van der Waals surface area contributed by atoms with E-state index in [0.717, 1.165) is 6.42 Å². The molecule has 1 aliphatic heterocycles. The quantitative estimate of drug-likeness (QED) is 0.648. The lowest BCUT2D eigenvalue weighted by Gasteiger charge is -2.15. The average molecular weight is 216 g/mol. The number of carboxylic acids is 1. The van der Waals surface area contributed by atoms with Crippen molar-refractivity contribution in [1.29, 1.82) is 0 Å². The molecule has 0 saturated carbocycles. The molecule has 0 spiro atoms. The van der Waals surface area contributed by atoms with Crippen molar-refractivity contribution >= 4 is 12.0 Å². The van der Waals surface area contributed by atoms with Crippen LogP contribution < -0.4 is 0 Å². The molecular formula is C9H16N2O4. The van der Waals surface area contributed by atoms with Crippen LogP contribution in [0.15, 0.2) is 0 Å². The Bertz CT molecular complexity index is 256. The maximum absolute atomic E-state index is 11.6. The van der Waals surface area contributed by atoms with Crippen molar-refractivity contribution in [3.05, 3.63) is 0 Å². The first kappa shape index (κ1) is 11.8. The number of carbonyl (C=O) groups is 2. The molecule has 0 aromatic heterocycles. The summed E-state index contributed by atoms with van der Waals surface area (Å²) in [6.45, 7) is 1.38. The largest absolute Gasteiger partial charge is 0.480 e. The van der Waals surface area contributed by atoms with E-state index in [1.807, 2.05) is 0 Å². The molecule has 1 unspecified atom stereocenters. The van der Waals surface area contributed by atoms with Gasteiger partial charge in [0.1, 0.15) is 6.04 Å². The second kappa shape index (κ2) is 4.97. The van der Waals surface area contributed by atoms with Crippen molar-refractivity contribution in [3.63, 3.8) is 0 Å². The number of aliphatic carboxylic acids is 1. The molecule has 2 amide bonds. The number of hydrogen-bond acceptors (Lipinski definition) is 3. The van der Waals surface area contributed by atoms with Gasteiger partial charge in [0.05, 0.1) is 6.54 Å². The summed E-state index contributed by atoms with van der Waals surface area (Å²) in [5, 5.41) is 8.85. The van der Waals surface area contributed by atoms with Crippen LogP contribution in [0.25, 0.3) is 0 Å². The summed E-state index contributed by atoms with van der Waals surface area (Å²) in [5.41, 5.74) is 0. The van der Waals surface area contributed by atoms with Crippen molar-refractivity contribution in [3.8, 4) is 0 Å². The molecule has 15 heavy (non-hydrogen) atoms. The van der Waals surface area contributed by atoms with Crippen LogP contribution in [0.3, 0.4) is 0 Å². The standard InChI is InChI=1S/C9H16N2O4/c1-10-7(8(12)13)6-11(9(10)14)4-3-5-15-2/h7H,3-6H2,1-2H3,(H,12,13). The van der Waals surface area contributed by atoms with Gasteiger partial charge < -0.3 is 19.6 Å². The Morgan fingerprint density at radius 2 is 2.33 bits per heavy atom. The molecule has 6 nitrogen and oxygen atoms in total. The van der Waals surface area contributed by atoms with E-state index >= 15 is 0 Å². The molecule has 1 atom stereocenters. The Kier molecular flexibility index (Phi) is 3.90. The van der Waals surface area contributed by atoms with Gasteiger partial charge in [0.25, 0.3) is 0 Å². The monoisotopic (exact) mass is 216 g/mol. The minimum Gasteiger partial charge on any atom is -0.480 e. The van der Waals surface area contributed by atoms with Gasteiger partial charge in [-0.15, -0.1) is 0 Å². The molecule has 1 saturated heterocycles. The number of carboxylic acid groups (broad SMARTS) is 1. The van der Waals surface area contributed by atoms with E-state index < -0.39 is 12.0 Å². The lowest BCUT2D eigenvalue weighted by Crippen LogP contribution is -2.36. The minimum absolute atomic E-state index is 0.224. The number of ether oxygens (including phenoxy) is 1. The maximum atomic E-state index is 11.6. The summed E-state index contributed by atoms with van der Waals surface area (Å²) < 4.78 is 4.87. The Morgan fingerprint density at radius 1 is 1.67 bits per heavy atom. The molecule has 1 heterocycles. The highest BCUT2D eigenvalue weighted by Gasteiger charge is 2.38. The first-order chi connectivity index (χ1) is 7.07. The van der Waals surface area contributed by atoms with Crippen molar-refractivity contribution in [2.24, 2.45) is 0 Å². The third-order valence-electron chi connectivity index (χ3n) is 2.49. The second-order valence-corrected chi connectivity index (χ2v) is 3.54. The fourth-order valence-electron chi connectivity index (χ4n) is 1.60. The van der Waals surface area contributed by atoms with Crippen LogP contribution in [-0.2, 0) is 9.53 Å². The highest BCUT2D eigenvalue weighted by Crippen LogP contribution is 2.14. The number of amides is 2. The number of nitrogens with zero attached hydrogens (tertiary/aromatic N) is 2. The first-order valence-corrected chi connectivity index (χ1v) is 4.81. The Labute approximate surface area is 88.4 Å². The van der Waals surface area contributed by atoms with Crippen LogP contribution in [0, 0.1) is 0 Å². The van der Waals surface area contributed by atoms with Crippen molar-refractivity contribution in [2.45, 2.75) is 12.5 Å². The van der Waals surface area contributed by atoms with Crippen molar-refractivity contribution in [1.82, 2.24) is 9.80 Å². The minimum atomic E-state index is -0.958. The molecule has 0 radical (unpaired) electrons. The number of methoxy groups -OCH3 is 1. The van der Waals surface area contributed by atoms with E-state index in [9.17, 15) is 9.59 Å². The summed E-state index contributed by atoms with van der Waals surface area (Å²) in [5.74, 6) is -0.958. The topological polar surface area (TPSA) is 70.1 Å². The van der Waals surface area contributed by atoms with Gasteiger partial charge in [-0.25, -0.2) is 9.59 Å². The summed E-state index contributed by atoms with van der Waals surface area (Å²) >= 11 is 0. The van der Waals surface area contributed by atoms with E-state index in [0.29, 0.717) is 13.2 Å². The van der Waals surface area contributed by atoms with E-state index in [-0.39, 0.29) is 12.6 Å². The summed E-state index contributed by atoms with van der Waals surface area (Å²) in [7, 11) is 3.11. The van der Waals surface area contributed by atoms with E-state index in [2.05, 4.69) is 0 Å². The van der Waals surface area contributed by atoms with Gasteiger partial charge in [-0.2, -0.15) is 0 Å². The summed E-state index contributed by atoms with van der Waals surface area (Å²) in [4.78, 5) is 25.1. The van der Waals surface area contributed by atoms with Crippen LogP contribution >= 0.6 is 0 Å². The Hall–Kier alpha value is -1.30. The first-order valence-electron chi connectivity index (χ1n) is 4.81. The number of rotatable bonds is 5. The maximum Gasteiger partial charge on any atom is 0.328 e. The molecular weight excluding hydrogens is 200 g/mol. The van der Waals surface area contributed by atoms with E-state index in [1.54, 1.807) is 7.11 Å². The number of likely N-dealkylation sites (N-methyl/N-ethyl adjacent to an activating group) is 1. The molecule has 0 bridgehead atoms. The van der Waals surface area contributed by atoms with Gasteiger partial charge in [0.15, 0.2) is 0 Å². The lowest BCUT2D eigenvalue weighted by atomic mass is 10.3. The molecule has 0 aliphatic carbocycles. The molecule has 1 N–H and O–H groups in total. The molecule has 1 aliphatic rings. The van der Waals surface area contributed by atoms with Gasteiger partial charge in [-0.3, -0.25) is 0 Å². The molecule has 1 rings (SSSR count). The zero-order valence-electron chi connectivity index (χ0n) is 8.97. The summed E-state index contributed by atoms with van der Waals surface area (Å²) in [6, 6.07) is -0.946. The normalized spacial score (nSPS) is 21.2. The summed E-state index contributed by atoms with van der Waals surface area (Å²) in [6.07, 6.45) is 0.725. The smallest absolute Gasteiger partial charge is 0.328 e. The van der Waals surface area contributed by atoms with Gasteiger partial charge in [0.2, 0.25) is 0 Å². The molecule has 6 heteroatoms. The predicted molar refractivity (Wildman–Crippen MR) is 52.6 cm³/mol. The Morgan fingerprint density at radius 3 is 2.80 bits per heavy atom. The molecule has 0 aromatic rings. The predicted octanol–water partition coefficient (Wildman–Crippen LogP) is -0.156. The van der Waals surface area contributed by atoms with E-state index in [1.165, 1.54) is 16.8 Å². The van der Waals surface area contributed by atoms with Gasteiger partial charge in [-0.05, 0) is 6.42 Å². The lowest BCUT2D eigenvalue weighted by molar-refractivity contribution is -0.140. The van der Waals surface area contributed by atoms with Crippen LogP contribution in [0.4, 0.5) is 4.79 Å². The molecule has 86 valence electrons. The third-order valence-corrected chi connectivity index (χ3v) is 2.49. The highest BCUT2D eigenvalue weighted by molar-refractivity contribution is 5.86. The van der Waals surface area contributed by atoms with Crippen LogP contribution in [0.2, 0.25) is 0 Å². The highest BCUT2D eigenvalue weighted by atomic mass is 16.5. The third kappa shape index (κ3) is 2.59.